The minimum atomic E-state index is 0.657. The van der Waals surface area contributed by atoms with E-state index in [1.165, 1.54) is 23.5 Å². The van der Waals surface area contributed by atoms with Crippen molar-refractivity contribution < 1.29 is 0 Å². The van der Waals surface area contributed by atoms with Crippen LogP contribution in [0.15, 0.2) is 5.16 Å². The highest BCUT2D eigenvalue weighted by atomic mass is 32.2. The lowest BCUT2D eigenvalue weighted by Gasteiger charge is -1.92. The van der Waals surface area contributed by atoms with Crippen LogP contribution in [0.25, 0.3) is 0 Å². The Labute approximate surface area is 72.1 Å². The van der Waals surface area contributed by atoms with Crippen LogP contribution in [0.1, 0.15) is 0 Å². The van der Waals surface area contributed by atoms with E-state index < -0.39 is 0 Å². The molecule has 0 bridgehead atoms. The molecule has 0 radical (unpaired) electrons. The molecule has 1 aromatic rings. The number of nitriles is 1. The second kappa shape index (κ2) is 4.20. The summed E-state index contributed by atoms with van der Waals surface area (Å²) in [5, 5.41) is 22.4. The fourth-order valence-corrected chi connectivity index (χ4v) is 1.64. The van der Waals surface area contributed by atoms with Crippen molar-refractivity contribution in [2.24, 2.45) is 7.05 Å². The van der Waals surface area contributed by atoms with Crippen molar-refractivity contribution in [2.75, 3.05) is 5.08 Å². The fraction of sp³-hybridized carbons (Fsp3) is 0.500. The van der Waals surface area contributed by atoms with Gasteiger partial charge in [0, 0.05) is 7.05 Å². The topological polar surface area (TPSA) is 67.4 Å². The molecule has 1 aromatic heterocycles. The minimum absolute atomic E-state index is 0.657. The van der Waals surface area contributed by atoms with E-state index in [-0.39, 0.29) is 0 Å². The number of thiocyanates is 1. The Morgan fingerprint density at radius 3 is 3.09 bits per heavy atom. The summed E-state index contributed by atoms with van der Waals surface area (Å²) in [5.41, 5.74) is 0. The molecule has 0 saturated carbocycles. The summed E-state index contributed by atoms with van der Waals surface area (Å²) in [6.45, 7) is 0. The van der Waals surface area contributed by atoms with Gasteiger partial charge in [0.1, 0.15) is 5.40 Å². The Morgan fingerprint density at radius 2 is 2.55 bits per heavy atom. The average Bonchev–Trinajstić information content (AvgIpc) is 2.37. The summed E-state index contributed by atoms with van der Waals surface area (Å²) in [6.07, 6.45) is 0. The zero-order chi connectivity index (χ0) is 8.10. The third-order valence-electron chi connectivity index (χ3n) is 0.893. The maximum Gasteiger partial charge on any atom is 0.209 e. The fourth-order valence-electron chi connectivity index (χ4n) is 0.452. The lowest BCUT2D eigenvalue weighted by Crippen LogP contribution is -1.92. The van der Waals surface area contributed by atoms with Gasteiger partial charge in [-0.15, -0.1) is 5.10 Å². The van der Waals surface area contributed by atoms with Crippen molar-refractivity contribution in [3.05, 3.63) is 0 Å². The SMILES string of the molecule is Cn1nnnc1SCSC#N. The quantitative estimate of drug-likeness (QED) is 0.296. The first-order chi connectivity index (χ1) is 5.34. The maximum absolute atomic E-state index is 8.21. The lowest BCUT2D eigenvalue weighted by molar-refractivity contribution is 0.665. The van der Waals surface area contributed by atoms with Gasteiger partial charge < -0.3 is 0 Å². The Balaban J connectivity index is 2.40. The highest BCUT2D eigenvalue weighted by molar-refractivity contribution is 8.18. The van der Waals surface area contributed by atoms with Crippen LogP contribution in [0.4, 0.5) is 0 Å². The van der Waals surface area contributed by atoms with E-state index in [0.717, 1.165) is 5.16 Å². The van der Waals surface area contributed by atoms with E-state index in [1.807, 2.05) is 5.40 Å². The first-order valence-corrected chi connectivity index (χ1v) is 4.67. The van der Waals surface area contributed by atoms with Gasteiger partial charge in [0.05, 0.1) is 5.08 Å². The summed E-state index contributed by atoms with van der Waals surface area (Å²) >= 11 is 2.62. The van der Waals surface area contributed by atoms with Crippen molar-refractivity contribution >= 4 is 23.5 Å². The van der Waals surface area contributed by atoms with Crippen LogP contribution in [0.2, 0.25) is 0 Å². The average molecular weight is 187 g/mol. The van der Waals surface area contributed by atoms with Crippen molar-refractivity contribution in [1.29, 1.82) is 5.26 Å². The van der Waals surface area contributed by atoms with Crippen LogP contribution >= 0.6 is 23.5 Å². The third kappa shape index (κ3) is 2.40. The predicted molar refractivity (Wildman–Crippen MR) is 42.7 cm³/mol. The summed E-state index contributed by atoms with van der Waals surface area (Å²) in [5.74, 6) is 0. The lowest BCUT2D eigenvalue weighted by atomic mass is 11.2. The molecule has 11 heavy (non-hydrogen) atoms. The first-order valence-electron chi connectivity index (χ1n) is 2.70. The molecule has 0 unspecified atom stereocenters. The molecule has 0 amide bonds. The van der Waals surface area contributed by atoms with E-state index >= 15 is 0 Å². The Morgan fingerprint density at radius 1 is 1.73 bits per heavy atom. The summed E-state index contributed by atoms with van der Waals surface area (Å²) in [4.78, 5) is 0. The van der Waals surface area contributed by atoms with E-state index in [2.05, 4.69) is 15.5 Å². The van der Waals surface area contributed by atoms with Gasteiger partial charge in [-0.2, -0.15) is 5.26 Å². The Bertz CT molecular complexity index is 264. The molecule has 0 aliphatic heterocycles. The molecule has 0 saturated heterocycles. The van der Waals surface area contributed by atoms with Crippen molar-refractivity contribution in [1.82, 2.24) is 20.2 Å². The van der Waals surface area contributed by atoms with Crippen LogP contribution in [0.5, 0.6) is 0 Å². The van der Waals surface area contributed by atoms with Gasteiger partial charge >= 0.3 is 0 Å². The molecule has 5 nitrogen and oxygen atoms in total. The Hall–Kier alpha value is -0.740. The van der Waals surface area contributed by atoms with Gasteiger partial charge in [0.25, 0.3) is 0 Å². The third-order valence-corrected chi connectivity index (χ3v) is 2.57. The molecule has 0 fully saturated rings. The zero-order valence-electron chi connectivity index (χ0n) is 5.76. The van der Waals surface area contributed by atoms with Crippen molar-refractivity contribution in [3.63, 3.8) is 0 Å². The molecular weight excluding hydrogens is 182 g/mol. The molecule has 0 spiro atoms. The van der Waals surface area contributed by atoms with Crippen molar-refractivity contribution in [2.45, 2.75) is 5.16 Å². The summed E-state index contributed by atoms with van der Waals surface area (Å²) < 4.78 is 1.57. The van der Waals surface area contributed by atoms with Crippen LogP contribution in [0.3, 0.4) is 0 Å². The molecule has 1 heterocycles. The van der Waals surface area contributed by atoms with E-state index in [1.54, 1.807) is 11.7 Å². The van der Waals surface area contributed by atoms with Crippen LogP contribution in [-0.4, -0.2) is 25.3 Å². The number of nitrogens with zero attached hydrogens (tertiary/aromatic N) is 5. The number of aryl methyl sites for hydroxylation is 1. The summed E-state index contributed by atoms with van der Waals surface area (Å²) in [6, 6.07) is 0. The van der Waals surface area contributed by atoms with Crippen LogP contribution in [-0.2, 0) is 7.05 Å². The second-order valence-corrected chi connectivity index (χ2v) is 3.65. The molecule has 0 aliphatic carbocycles. The maximum atomic E-state index is 8.21. The van der Waals surface area contributed by atoms with Gasteiger partial charge in [0.2, 0.25) is 5.16 Å². The van der Waals surface area contributed by atoms with Gasteiger partial charge in [0.15, 0.2) is 0 Å². The predicted octanol–water partition coefficient (Wildman–Crippen LogP) is 0.474. The number of hydrogen-bond acceptors (Lipinski definition) is 6. The van der Waals surface area contributed by atoms with E-state index in [9.17, 15) is 0 Å². The van der Waals surface area contributed by atoms with Crippen LogP contribution < -0.4 is 0 Å². The molecule has 0 atom stereocenters. The molecule has 0 aliphatic rings. The molecule has 1 rings (SSSR count). The minimum Gasteiger partial charge on any atom is -0.224 e. The largest absolute Gasteiger partial charge is 0.224 e. The van der Waals surface area contributed by atoms with Gasteiger partial charge in [-0.1, -0.05) is 11.8 Å². The molecule has 0 aromatic carbocycles. The van der Waals surface area contributed by atoms with E-state index in [4.69, 9.17) is 5.26 Å². The van der Waals surface area contributed by atoms with Gasteiger partial charge in [-0.25, -0.2) is 4.68 Å². The number of rotatable bonds is 3. The molecular formula is C4H5N5S2. The standard InChI is InChI=1S/C4H5N5S2/c1-9-4(6-7-8-9)11-3-10-2-5/h3H2,1H3. The molecule has 58 valence electrons. The zero-order valence-corrected chi connectivity index (χ0v) is 7.39. The van der Waals surface area contributed by atoms with E-state index in [0.29, 0.717) is 5.08 Å². The summed E-state index contributed by atoms with van der Waals surface area (Å²) in [7, 11) is 1.76. The van der Waals surface area contributed by atoms with Crippen LogP contribution in [0, 0.1) is 10.7 Å². The smallest absolute Gasteiger partial charge is 0.209 e. The highest BCUT2D eigenvalue weighted by Crippen LogP contribution is 2.17. The number of tetrazole rings is 1. The van der Waals surface area contributed by atoms with Crippen molar-refractivity contribution in [3.8, 4) is 5.40 Å². The monoisotopic (exact) mass is 187 g/mol. The molecule has 0 N–H and O–H groups in total. The number of hydrogen-bond donors (Lipinski definition) is 0. The molecule has 7 heteroatoms. The van der Waals surface area contributed by atoms with Gasteiger partial charge in [-0.3, -0.25) is 0 Å². The Kier molecular flexibility index (Phi) is 3.19. The highest BCUT2D eigenvalue weighted by Gasteiger charge is 2.00. The number of aromatic nitrogens is 4. The number of thioether (sulfide) groups is 2. The van der Waals surface area contributed by atoms with Gasteiger partial charge in [-0.05, 0) is 22.2 Å². The normalized spacial score (nSPS) is 9.45. The second-order valence-electron chi connectivity index (χ2n) is 1.58. The first kappa shape index (κ1) is 8.36.